The van der Waals surface area contributed by atoms with Crippen LogP contribution >= 0.6 is 11.8 Å². The maximum Gasteiger partial charge on any atom is 0.255 e. The molecule has 1 saturated carbocycles. The summed E-state index contributed by atoms with van der Waals surface area (Å²) in [5, 5.41) is 3.18. The standard InChI is InChI=1S/C20H30N2O4S/c1-24-16-13-18(26-3)17(25-2)12-15(16)19(23)21-14-20(6-4-5-7-20)22-8-10-27-11-9-22/h12-13H,4-11,14H2,1-3H3,(H,21,23). The number of hydrogen-bond acceptors (Lipinski definition) is 6. The first-order chi connectivity index (χ1) is 13.1. The van der Waals surface area contributed by atoms with Crippen LogP contribution in [-0.2, 0) is 0 Å². The van der Waals surface area contributed by atoms with Gasteiger partial charge in [-0.25, -0.2) is 0 Å². The van der Waals surface area contributed by atoms with E-state index in [1.54, 1.807) is 33.5 Å². The van der Waals surface area contributed by atoms with Gasteiger partial charge in [0.25, 0.3) is 5.91 Å². The van der Waals surface area contributed by atoms with Gasteiger partial charge in [0.2, 0.25) is 0 Å². The van der Waals surface area contributed by atoms with Crippen molar-refractivity contribution < 1.29 is 19.0 Å². The van der Waals surface area contributed by atoms with Crippen molar-refractivity contribution in [1.82, 2.24) is 10.2 Å². The highest BCUT2D eigenvalue weighted by molar-refractivity contribution is 7.99. The Hall–Kier alpha value is -1.60. The molecule has 27 heavy (non-hydrogen) atoms. The SMILES string of the molecule is COc1cc(OC)c(C(=O)NCC2(N3CCSCC3)CCCC2)cc1OC. The number of ether oxygens (including phenoxy) is 3. The van der Waals surface area contributed by atoms with E-state index in [1.165, 1.54) is 24.3 Å². The summed E-state index contributed by atoms with van der Waals surface area (Å²) in [5.41, 5.74) is 0.568. The molecule has 7 heteroatoms. The zero-order valence-electron chi connectivity index (χ0n) is 16.5. The predicted octanol–water partition coefficient (Wildman–Crippen LogP) is 2.80. The molecule has 0 atom stereocenters. The summed E-state index contributed by atoms with van der Waals surface area (Å²) < 4.78 is 16.1. The second-order valence-corrected chi connectivity index (χ2v) is 8.35. The Morgan fingerprint density at radius 2 is 1.63 bits per heavy atom. The Morgan fingerprint density at radius 3 is 2.22 bits per heavy atom. The monoisotopic (exact) mass is 394 g/mol. The van der Waals surface area contributed by atoms with E-state index in [-0.39, 0.29) is 11.4 Å². The number of methoxy groups -OCH3 is 3. The molecule has 2 fully saturated rings. The summed E-state index contributed by atoms with van der Waals surface area (Å²) in [5.74, 6) is 3.78. The molecule has 1 N–H and O–H groups in total. The van der Waals surface area contributed by atoms with E-state index in [1.807, 2.05) is 11.8 Å². The van der Waals surface area contributed by atoms with Crippen LogP contribution in [0.4, 0.5) is 0 Å². The Kier molecular flexibility index (Phi) is 6.76. The summed E-state index contributed by atoms with van der Waals surface area (Å²) >= 11 is 2.02. The molecule has 0 unspecified atom stereocenters. The number of nitrogens with one attached hydrogen (secondary N) is 1. The van der Waals surface area contributed by atoms with Gasteiger partial charge in [0.15, 0.2) is 11.5 Å². The van der Waals surface area contributed by atoms with Gasteiger partial charge in [-0.1, -0.05) is 12.8 Å². The van der Waals surface area contributed by atoms with Gasteiger partial charge in [-0.05, 0) is 12.8 Å². The van der Waals surface area contributed by atoms with E-state index in [4.69, 9.17) is 14.2 Å². The summed E-state index contributed by atoms with van der Waals surface area (Å²) in [7, 11) is 4.69. The van der Waals surface area contributed by atoms with Gasteiger partial charge in [-0.2, -0.15) is 11.8 Å². The minimum absolute atomic E-state index is 0.0977. The predicted molar refractivity (Wildman–Crippen MR) is 109 cm³/mol. The number of carbonyl (C=O) groups is 1. The summed E-state index contributed by atoms with van der Waals surface area (Å²) in [6.07, 6.45) is 4.78. The second-order valence-electron chi connectivity index (χ2n) is 7.12. The molecule has 3 rings (SSSR count). The first kappa shape index (κ1) is 20.1. The van der Waals surface area contributed by atoms with Crippen LogP contribution in [0.1, 0.15) is 36.0 Å². The molecule has 0 radical (unpaired) electrons. The van der Waals surface area contributed by atoms with E-state index < -0.39 is 0 Å². The Balaban J connectivity index is 1.76. The molecule has 1 heterocycles. The highest BCUT2D eigenvalue weighted by Crippen LogP contribution is 2.37. The highest BCUT2D eigenvalue weighted by Gasteiger charge is 2.40. The molecule has 6 nitrogen and oxygen atoms in total. The normalized spacial score (nSPS) is 19.5. The number of benzene rings is 1. The van der Waals surface area contributed by atoms with Crippen LogP contribution in [0.2, 0.25) is 0 Å². The second kappa shape index (κ2) is 9.06. The number of hydrogen-bond donors (Lipinski definition) is 1. The minimum Gasteiger partial charge on any atom is -0.496 e. The van der Waals surface area contributed by atoms with Crippen molar-refractivity contribution in [3.05, 3.63) is 17.7 Å². The third-order valence-electron chi connectivity index (χ3n) is 5.74. The lowest BCUT2D eigenvalue weighted by Gasteiger charge is -2.43. The molecule has 150 valence electrons. The van der Waals surface area contributed by atoms with Crippen molar-refractivity contribution >= 4 is 17.7 Å². The van der Waals surface area contributed by atoms with Crippen molar-refractivity contribution in [2.45, 2.75) is 31.2 Å². The molecule has 1 amide bonds. The van der Waals surface area contributed by atoms with Crippen LogP contribution in [0, 0.1) is 0 Å². The van der Waals surface area contributed by atoms with Gasteiger partial charge in [-0.15, -0.1) is 0 Å². The Labute approximate surface area is 165 Å². The van der Waals surface area contributed by atoms with E-state index in [9.17, 15) is 4.79 Å². The number of amides is 1. The highest BCUT2D eigenvalue weighted by atomic mass is 32.2. The smallest absolute Gasteiger partial charge is 0.255 e. The largest absolute Gasteiger partial charge is 0.496 e. The third kappa shape index (κ3) is 4.29. The molecule has 1 aromatic rings. The van der Waals surface area contributed by atoms with E-state index in [0.717, 1.165) is 25.9 Å². The third-order valence-corrected chi connectivity index (χ3v) is 6.69. The fourth-order valence-electron chi connectivity index (χ4n) is 4.22. The molecule has 1 saturated heterocycles. The molecular weight excluding hydrogens is 364 g/mol. The lowest BCUT2D eigenvalue weighted by molar-refractivity contribution is 0.0815. The van der Waals surface area contributed by atoms with Crippen molar-refractivity contribution in [2.24, 2.45) is 0 Å². The topological polar surface area (TPSA) is 60.0 Å². The Bertz CT molecular complexity index is 656. The summed E-state index contributed by atoms with van der Waals surface area (Å²) in [6.45, 7) is 2.90. The number of thioether (sulfide) groups is 1. The van der Waals surface area contributed by atoms with Crippen LogP contribution in [0.15, 0.2) is 12.1 Å². The number of nitrogens with zero attached hydrogens (tertiary/aromatic N) is 1. The van der Waals surface area contributed by atoms with Gasteiger partial charge < -0.3 is 19.5 Å². The van der Waals surface area contributed by atoms with Gasteiger partial charge in [0, 0.05) is 48.8 Å². The van der Waals surface area contributed by atoms with E-state index in [2.05, 4.69) is 10.2 Å². The molecule has 2 aliphatic rings. The molecule has 0 aromatic heterocycles. The van der Waals surface area contributed by atoms with Crippen LogP contribution in [-0.4, -0.2) is 68.8 Å². The summed E-state index contributed by atoms with van der Waals surface area (Å²) in [4.78, 5) is 15.6. The van der Waals surface area contributed by atoms with E-state index in [0.29, 0.717) is 29.4 Å². The zero-order chi connectivity index (χ0) is 19.3. The first-order valence-corrected chi connectivity index (χ1v) is 10.7. The lowest BCUT2D eigenvalue weighted by atomic mass is 9.94. The summed E-state index contributed by atoms with van der Waals surface area (Å²) in [6, 6.07) is 3.38. The van der Waals surface area contributed by atoms with Crippen LogP contribution in [0.3, 0.4) is 0 Å². The van der Waals surface area contributed by atoms with Gasteiger partial charge in [0.05, 0.1) is 26.9 Å². The fourth-order valence-corrected chi connectivity index (χ4v) is 5.13. The van der Waals surface area contributed by atoms with Crippen LogP contribution in [0.25, 0.3) is 0 Å². The van der Waals surface area contributed by atoms with Gasteiger partial charge >= 0.3 is 0 Å². The van der Waals surface area contributed by atoms with Crippen molar-refractivity contribution in [3.8, 4) is 17.2 Å². The Morgan fingerprint density at radius 1 is 1.04 bits per heavy atom. The molecule has 1 aliphatic carbocycles. The van der Waals surface area contributed by atoms with Crippen molar-refractivity contribution in [3.63, 3.8) is 0 Å². The zero-order valence-corrected chi connectivity index (χ0v) is 17.3. The van der Waals surface area contributed by atoms with Crippen molar-refractivity contribution in [2.75, 3.05) is 52.5 Å². The lowest BCUT2D eigenvalue weighted by Crippen LogP contribution is -2.56. The number of carbonyl (C=O) groups excluding carboxylic acids is 1. The average Bonchev–Trinajstić information content (AvgIpc) is 3.21. The molecule has 0 spiro atoms. The minimum atomic E-state index is -0.134. The van der Waals surface area contributed by atoms with Crippen LogP contribution in [0.5, 0.6) is 17.2 Å². The fraction of sp³-hybridized carbons (Fsp3) is 0.650. The molecular formula is C20H30N2O4S. The number of rotatable bonds is 7. The molecule has 0 bridgehead atoms. The average molecular weight is 395 g/mol. The van der Waals surface area contributed by atoms with Gasteiger partial charge in [-0.3, -0.25) is 9.69 Å². The molecule has 1 aliphatic heterocycles. The maximum atomic E-state index is 13.0. The van der Waals surface area contributed by atoms with Crippen molar-refractivity contribution in [1.29, 1.82) is 0 Å². The quantitative estimate of drug-likeness (QED) is 0.767. The van der Waals surface area contributed by atoms with E-state index >= 15 is 0 Å². The van der Waals surface area contributed by atoms with Crippen LogP contribution < -0.4 is 19.5 Å². The van der Waals surface area contributed by atoms with Gasteiger partial charge in [0.1, 0.15) is 5.75 Å². The maximum absolute atomic E-state index is 13.0. The molecule has 1 aromatic carbocycles. The first-order valence-electron chi connectivity index (χ1n) is 9.54.